The lowest BCUT2D eigenvalue weighted by atomic mass is 10.1. The Balaban J connectivity index is 1.44. The SMILES string of the molecule is O=C1c2ccc([N+](=O)[O-])cc2C(=O)N1Cc1ccc(OCc2ccccn2)cc1. The fourth-order valence-corrected chi connectivity index (χ4v) is 3.05. The number of pyridine rings is 1. The first-order valence-electron chi connectivity index (χ1n) is 8.79. The molecule has 2 heterocycles. The van der Waals surface area contributed by atoms with Crippen molar-refractivity contribution in [3.63, 3.8) is 0 Å². The van der Waals surface area contributed by atoms with Gasteiger partial charge in [0.1, 0.15) is 12.4 Å². The van der Waals surface area contributed by atoms with Crippen LogP contribution in [0.5, 0.6) is 5.75 Å². The molecule has 0 saturated carbocycles. The van der Waals surface area contributed by atoms with Crippen LogP contribution in [0.25, 0.3) is 0 Å². The van der Waals surface area contributed by atoms with Crippen LogP contribution in [0.15, 0.2) is 66.9 Å². The molecule has 1 aliphatic heterocycles. The van der Waals surface area contributed by atoms with Crippen molar-refractivity contribution >= 4 is 17.5 Å². The Morgan fingerprint density at radius 2 is 1.72 bits per heavy atom. The number of non-ortho nitro benzene ring substituents is 1. The van der Waals surface area contributed by atoms with Crippen molar-refractivity contribution < 1.29 is 19.2 Å². The van der Waals surface area contributed by atoms with E-state index in [0.29, 0.717) is 12.4 Å². The normalized spacial score (nSPS) is 12.8. The third-order valence-corrected chi connectivity index (χ3v) is 4.54. The van der Waals surface area contributed by atoms with E-state index in [1.165, 1.54) is 12.1 Å². The number of amides is 2. The average Bonchev–Trinajstić information content (AvgIpc) is 2.98. The minimum atomic E-state index is -0.593. The van der Waals surface area contributed by atoms with Crippen molar-refractivity contribution in [3.8, 4) is 5.75 Å². The Morgan fingerprint density at radius 3 is 2.41 bits per heavy atom. The zero-order chi connectivity index (χ0) is 20.4. The van der Waals surface area contributed by atoms with E-state index in [-0.39, 0.29) is 23.4 Å². The molecule has 29 heavy (non-hydrogen) atoms. The number of hydrogen-bond acceptors (Lipinski definition) is 6. The van der Waals surface area contributed by atoms with Gasteiger partial charge in [0.15, 0.2) is 0 Å². The van der Waals surface area contributed by atoms with Gasteiger partial charge in [0.2, 0.25) is 0 Å². The van der Waals surface area contributed by atoms with Crippen LogP contribution in [0, 0.1) is 10.1 Å². The smallest absolute Gasteiger partial charge is 0.270 e. The highest BCUT2D eigenvalue weighted by Gasteiger charge is 2.36. The number of nitro groups is 1. The van der Waals surface area contributed by atoms with Gasteiger partial charge in [0.05, 0.1) is 28.3 Å². The highest BCUT2D eigenvalue weighted by atomic mass is 16.6. The van der Waals surface area contributed by atoms with Gasteiger partial charge in [-0.2, -0.15) is 0 Å². The van der Waals surface area contributed by atoms with Gasteiger partial charge >= 0.3 is 0 Å². The summed E-state index contributed by atoms with van der Waals surface area (Å²) in [6, 6.07) is 16.3. The summed E-state index contributed by atoms with van der Waals surface area (Å²) in [6.45, 7) is 0.401. The van der Waals surface area contributed by atoms with E-state index in [0.717, 1.165) is 22.2 Å². The predicted molar refractivity (Wildman–Crippen MR) is 102 cm³/mol. The second-order valence-corrected chi connectivity index (χ2v) is 6.44. The molecule has 1 aromatic heterocycles. The molecule has 0 fully saturated rings. The lowest BCUT2D eigenvalue weighted by Gasteiger charge is -2.14. The number of fused-ring (bicyclic) bond motifs is 1. The van der Waals surface area contributed by atoms with Crippen LogP contribution in [0.1, 0.15) is 32.0 Å². The summed E-state index contributed by atoms with van der Waals surface area (Å²) < 4.78 is 5.67. The molecule has 8 heteroatoms. The number of aromatic nitrogens is 1. The van der Waals surface area contributed by atoms with Gasteiger partial charge in [-0.05, 0) is 35.9 Å². The molecular formula is C21H15N3O5. The molecule has 8 nitrogen and oxygen atoms in total. The topological polar surface area (TPSA) is 103 Å². The molecule has 1 aliphatic rings. The maximum absolute atomic E-state index is 12.6. The first-order valence-corrected chi connectivity index (χ1v) is 8.79. The largest absolute Gasteiger partial charge is 0.487 e. The number of benzene rings is 2. The molecular weight excluding hydrogens is 374 g/mol. The number of hydrogen-bond donors (Lipinski definition) is 0. The first-order chi connectivity index (χ1) is 14.0. The number of carbonyl (C=O) groups excluding carboxylic acids is 2. The van der Waals surface area contributed by atoms with E-state index in [4.69, 9.17) is 4.74 Å². The predicted octanol–water partition coefficient (Wildman–Crippen LogP) is 3.37. The van der Waals surface area contributed by atoms with E-state index >= 15 is 0 Å². The number of nitrogens with zero attached hydrogens (tertiary/aromatic N) is 3. The van der Waals surface area contributed by atoms with Crippen molar-refractivity contribution in [2.24, 2.45) is 0 Å². The quantitative estimate of drug-likeness (QED) is 0.364. The molecule has 0 unspecified atom stereocenters. The summed E-state index contributed by atoms with van der Waals surface area (Å²) in [5, 5.41) is 10.9. The van der Waals surface area contributed by atoms with Crippen LogP contribution in [0.3, 0.4) is 0 Å². The second kappa shape index (κ2) is 7.51. The second-order valence-electron chi connectivity index (χ2n) is 6.44. The molecule has 0 saturated heterocycles. The van der Waals surface area contributed by atoms with Gasteiger partial charge < -0.3 is 4.74 Å². The van der Waals surface area contributed by atoms with Crippen molar-refractivity contribution in [3.05, 3.63) is 99.4 Å². The highest BCUT2D eigenvalue weighted by molar-refractivity contribution is 6.21. The van der Waals surface area contributed by atoms with E-state index in [1.54, 1.807) is 30.5 Å². The van der Waals surface area contributed by atoms with Crippen molar-refractivity contribution in [2.75, 3.05) is 0 Å². The standard InChI is InChI=1S/C21H15N3O5/c25-20-18-9-6-16(24(27)28)11-19(18)21(26)23(20)12-14-4-7-17(8-5-14)29-13-15-3-1-2-10-22-15/h1-11H,12-13H2. The Kier molecular flexibility index (Phi) is 4.74. The summed E-state index contributed by atoms with van der Waals surface area (Å²) in [7, 11) is 0. The van der Waals surface area contributed by atoms with Gasteiger partial charge in [-0.15, -0.1) is 0 Å². The van der Waals surface area contributed by atoms with Gasteiger partial charge in [-0.25, -0.2) is 0 Å². The summed E-state index contributed by atoms with van der Waals surface area (Å²) in [4.78, 5) is 40.7. The molecule has 2 aromatic carbocycles. The maximum atomic E-state index is 12.6. The van der Waals surface area contributed by atoms with E-state index < -0.39 is 16.7 Å². The maximum Gasteiger partial charge on any atom is 0.270 e. The van der Waals surface area contributed by atoms with Crippen LogP contribution in [0.2, 0.25) is 0 Å². The molecule has 0 N–H and O–H groups in total. The fraction of sp³-hybridized carbons (Fsp3) is 0.0952. The third-order valence-electron chi connectivity index (χ3n) is 4.54. The molecule has 144 valence electrons. The Labute approximate surface area is 165 Å². The minimum Gasteiger partial charge on any atom is -0.487 e. The van der Waals surface area contributed by atoms with E-state index in [1.807, 2.05) is 18.2 Å². The molecule has 0 radical (unpaired) electrons. The van der Waals surface area contributed by atoms with Crippen LogP contribution in [-0.2, 0) is 13.2 Å². The third kappa shape index (κ3) is 3.68. The summed E-state index contributed by atoms with van der Waals surface area (Å²) in [5.41, 5.74) is 1.55. The van der Waals surface area contributed by atoms with E-state index in [9.17, 15) is 19.7 Å². The lowest BCUT2D eigenvalue weighted by Crippen LogP contribution is -2.29. The Morgan fingerprint density at radius 1 is 0.966 bits per heavy atom. The number of imide groups is 1. The molecule has 4 rings (SSSR count). The Hall–Kier alpha value is -4.07. The number of nitro benzene ring substituents is 1. The first kappa shape index (κ1) is 18.3. The summed E-state index contributed by atoms with van der Waals surface area (Å²) in [5.74, 6) is -0.364. The zero-order valence-electron chi connectivity index (χ0n) is 15.1. The van der Waals surface area contributed by atoms with Crippen molar-refractivity contribution in [1.82, 2.24) is 9.88 Å². The van der Waals surface area contributed by atoms with Crippen LogP contribution >= 0.6 is 0 Å². The fourth-order valence-electron chi connectivity index (χ4n) is 3.05. The number of carbonyl (C=O) groups is 2. The molecule has 0 spiro atoms. The summed E-state index contributed by atoms with van der Waals surface area (Å²) >= 11 is 0. The van der Waals surface area contributed by atoms with E-state index in [2.05, 4.69) is 4.98 Å². The molecule has 0 atom stereocenters. The molecule has 0 bridgehead atoms. The minimum absolute atomic E-state index is 0.0551. The average molecular weight is 389 g/mol. The highest BCUT2D eigenvalue weighted by Crippen LogP contribution is 2.28. The Bertz CT molecular complexity index is 1100. The van der Waals surface area contributed by atoms with Crippen molar-refractivity contribution in [2.45, 2.75) is 13.2 Å². The number of ether oxygens (including phenoxy) is 1. The molecule has 2 amide bonds. The van der Waals surface area contributed by atoms with Crippen LogP contribution in [-0.4, -0.2) is 26.6 Å². The molecule has 0 aliphatic carbocycles. The zero-order valence-corrected chi connectivity index (χ0v) is 15.1. The van der Waals surface area contributed by atoms with Gasteiger partial charge in [0.25, 0.3) is 17.5 Å². The monoisotopic (exact) mass is 389 g/mol. The summed E-state index contributed by atoms with van der Waals surface area (Å²) in [6.07, 6.45) is 1.69. The number of rotatable bonds is 6. The van der Waals surface area contributed by atoms with Gasteiger partial charge in [-0.3, -0.25) is 29.6 Å². The van der Waals surface area contributed by atoms with Gasteiger partial charge in [-0.1, -0.05) is 18.2 Å². The van der Waals surface area contributed by atoms with Crippen LogP contribution in [0.4, 0.5) is 5.69 Å². The lowest BCUT2D eigenvalue weighted by molar-refractivity contribution is -0.384. The van der Waals surface area contributed by atoms with Crippen LogP contribution < -0.4 is 4.74 Å². The van der Waals surface area contributed by atoms with Crippen molar-refractivity contribution in [1.29, 1.82) is 0 Å². The van der Waals surface area contributed by atoms with Gasteiger partial charge in [0, 0.05) is 18.3 Å². The molecule has 3 aromatic rings.